The van der Waals surface area contributed by atoms with E-state index in [-0.39, 0.29) is 0 Å². The second-order valence-corrected chi connectivity index (χ2v) is 5.05. The maximum Gasteiger partial charge on any atom is 0.0953 e. The molecule has 1 aliphatic carbocycles. The van der Waals surface area contributed by atoms with Gasteiger partial charge >= 0.3 is 0 Å². The van der Waals surface area contributed by atoms with Gasteiger partial charge in [-0.25, -0.2) is 0 Å². The number of nitrogens with two attached hydrogens (primary N) is 1. The molecule has 19 heavy (non-hydrogen) atoms. The Morgan fingerprint density at radius 2 is 2.21 bits per heavy atom. The van der Waals surface area contributed by atoms with Gasteiger partial charge < -0.3 is 15.8 Å². The van der Waals surface area contributed by atoms with Crippen molar-refractivity contribution in [1.29, 1.82) is 0 Å². The Labute approximate surface area is 113 Å². The van der Waals surface area contributed by atoms with E-state index in [0.29, 0.717) is 0 Å². The van der Waals surface area contributed by atoms with E-state index in [1.807, 2.05) is 24.3 Å². The van der Waals surface area contributed by atoms with Crippen molar-refractivity contribution in [2.24, 2.45) is 5.92 Å². The van der Waals surface area contributed by atoms with Crippen molar-refractivity contribution in [2.75, 3.05) is 30.8 Å². The van der Waals surface area contributed by atoms with Crippen molar-refractivity contribution in [3.8, 4) is 0 Å². The number of rotatable bonds is 6. The highest BCUT2D eigenvalue weighted by molar-refractivity contribution is 5.98. The number of fused-ring (bicyclic) bond motifs is 1. The molecule has 3 N–H and O–H groups in total. The van der Waals surface area contributed by atoms with Gasteiger partial charge in [-0.05, 0) is 43.0 Å². The zero-order valence-electron chi connectivity index (χ0n) is 10.9. The summed E-state index contributed by atoms with van der Waals surface area (Å²) in [5.41, 5.74) is 8.65. The quantitative estimate of drug-likeness (QED) is 0.617. The van der Waals surface area contributed by atoms with Crippen molar-refractivity contribution in [3.63, 3.8) is 0 Å². The number of anilines is 2. The maximum atomic E-state index is 5.95. The molecule has 0 bridgehead atoms. The molecule has 1 aromatic carbocycles. The van der Waals surface area contributed by atoms with Gasteiger partial charge in [0.05, 0.1) is 17.8 Å². The van der Waals surface area contributed by atoms with Gasteiger partial charge in [-0.1, -0.05) is 0 Å². The second-order valence-electron chi connectivity index (χ2n) is 5.05. The number of hydrogen-bond donors (Lipinski definition) is 2. The lowest BCUT2D eigenvalue weighted by molar-refractivity contribution is 0.134. The van der Waals surface area contributed by atoms with E-state index in [1.165, 1.54) is 12.8 Å². The van der Waals surface area contributed by atoms with E-state index >= 15 is 0 Å². The van der Waals surface area contributed by atoms with Gasteiger partial charge in [-0.15, -0.1) is 0 Å². The van der Waals surface area contributed by atoms with Gasteiger partial charge in [-0.3, -0.25) is 4.98 Å². The lowest BCUT2D eigenvalue weighted by atomic mass is 10.1. The fourth-order valence-electron chi connectivity index (χ4n) is 2.13. The summed E-state index contributed by atoms with van der Waals surface area (Å²) in [6, 6.07) is 7.79. The fourth-order valence-corrected chi connectivity index (χ4v) is 2.13. The molecule has 0 saturated heterocycles. The molecule has 0 spiro atoms. The molecule has 1 aliphatic rings. The molecule has 1 aromatic heterocycles. The van der Waals surface area contributed by atoms with Gasteiger partial charge in [0.1, 0.15) is 0 Å². The van der Waals surface area contributed by atoms with Crippen LogP contribution in [0.1, 0.15) is 12.8 Å². The molecule has 3 rings (SSSR count). The summed E-state index contributed by atoms with van der Waals surface area (Å²) >= 11 is 0. The summed E-state index contributed by atoms with van der Waals surface area (Å²) in [6.45, 7) is 2.43. The smallest absolute Gasteiger partial charge is 0.0953 e. The summed E-state index contributed by atoms with van der Waals surface area (Å²) in [7, 11) is 0. The molecule has 100 valence electrons. The van der Waals surface area contributed by atoms with Crippen LogP contribution in [0.3, 0.4) is 0 Å². The Kier molecular flexibility index (Phi) is 3.51. The summed E-state index contributed by atoms with van der Waals surface area (Å²) < 4.78 is 5.61. The van der Waals surface area contributed by atoms with Gasteiger partial charge in [0.15, 0.2) is 0 Å². The number of ether oxygens (including phenoxy) is 1. The molecule has 0 amide bonds. The van der Waals surface area contributed by atoms with Crippen LogP contribution in [0.25, 0.3) is 10.9 Å². The van der Waals surface area contributed by atoms with Crippen LogP contribution in [0, 0.1) is 5.92 Å². The number of pyridine rings is 1. The minimum atomic E-state index is 0.731. The molecule has 0 atom stereocenters. The SMILES string of the molecule is Nc1ccc(NCCOCC2CC2)c2ncccc12. The molecular formula is C15H19N3O. The zero-order valence-corrected chi connectivity index (χ0v) is 10.9. The standard InChI is InChI=1S/C15H19N3O/c16-13-5-6-14(15-12(13)2-1-7-18-15)17-8-9-19-10-11-3-4-11/h1-2,5-7,11,17H,3-4,8-10,16H2. The van der Waals surface area contributed by atoms with E-state index in [1.54, 1.807) is 6.20 Å². The van der Waals surface area contributed by atoms with Crippen LogP contribution in [-0.2, 0) is 4.74 Å². The van der Waals surface area contributed by atoms with Crippen LogP contribution in [0.2, 0.25) is 0 Å². The first-order valence-corrected chi connectivity index (χ1v) is 6.79. The molecule has 1 saturated carbocycles. The molecule has 4 heteroatoms. The second kappa shape index (κ2) is 5.45. The van der Waals surface area contributed by atoms with Crippen molar-refractivity contribution in [2.45, 2.75) is 12.8 Å². The predicted molar refractivity (Wildman–Crippen MR) is 78.2 cm³/mol. The van der Waals surface area contributed by atoms with Crippen LogP contribution in [-0.4, -0.2) is 24.7 Å². The summed E-state index contributed by atoms with van der Waals surface area (Å²) in [5, 5.41) is 4.36. The topological polar surface area (TPSA) is 60.2 Å². The van der Waals surface area contributed by atoms with E-state index in [9.17, 15) is 0 Å². The first kappa shape index (κ1) is 12.2. The summed E-state index contributed by atoms with van der Waals surface area (Å²) in [4.78, 5) is 4.40. The van der Waals surface area contributed by atoms with Crippen LogP contribution < -0.4 is 11.1 Å². The lowest BCUT2D eigenvalue weighted by Crippen LogP contribution is -2.11. The summed E-state index contributed by atoms with van der Waals surface area (Å²) in [5.74, 6) is 0.819. The van der Waals surface area contributed by atoms with Crippen LogP contribution in [0.5, 0.6) is 0 Å². The van der Waals surface area contributed by atoms with E-state index in [2.05, 4.69) is 10.3 Å². The molecule has 0 radical (unpaired) electrons. The largest absolute Gasteiger partial charge is 0.398 e. The minimum absolute atomic E-state index is 0.731. The van der Waals surface area contributed by atoms with Crippen molar-refractivity contribution in [1.82, 2.24) is 4.98 Å². The highest BCUT2D eigenvalue weighted by Gasteiger charge is 2.20. The monoisotopic (exact) mass is 257 g/mol. The minimum Gasteiger partial charge on any atom is -0.398 e. The molecule has 1 fully saturated rings. The van der Waals surface area contributed by atoms with E-state index in [0.717, 1.165) is 48.0 Å². The molecule has 4 nitrogen and oxygen atoms in total. The average molecular weight is 257 g/mol. The van der Waals surface area contributed by atoms with Gasteiger partial charge in [0.2, 0.25) is 0 Å². The molecule has 0 aliphatic heterocycles. The Morgan fingerprint density at radius 1 is 1.32 bits per heavy atom. The Balaban J connectivity index is 1.61. The van der Waals surface area contributed by atoms with Gasteiger partial charge in [0, 0.05) is 30.4 Å². The number of hydrogen-bond acceptors (Lipinski definition) is 4. The van der Waals surface area contributed by atoms with Crippen molar-refractivity contribution >= 4 is 22.3 Å². The van der Waals surface area contributed by atoms with Gasteiger partial charge in [-0.2, -0.15) is 0 Å². The predicted octanol–water partition coefficient (Wildman–Crippen LogP) is 2.66. The molecular weight excluding hydrogens is 238 g/mol. The third-order valence-corrected chi connectivity index (χ3v) is 3.42. The van der Waals surface area contributed by atoms with Crippen molar-refractivity contribution in [3.05, 3.63) is 30.5 Å². The normalized spacial score (nSPS) is 14.7. The molecule has 2 aromatic rings. The fraction of sp³-hybridized carbons (Fsp3) is 0.400. The third kappa shape index (κ3) is 2.96. The Morgan fingerprint density at radius 3 is 3.05 bits per heavy atom. The number of nitrogens with one attached hydrogen (secondary N) is 1. The zero-order chi connectivity index (χ0) is 13.1. The highest BCUT2D eigenvalue weighted by Crippen LogP contribution is 2.29. The Bertz CT molecular complexity index is 566. The van der Waals surface area contributed by atoms with E-state index < -0.39 is 0 Å². The Hall–Kier alpha value is -1.81. The lowest BCUT2D eigenvalue weighted by Gasteiger charge is -2.10. The van der Waals surface area contributed by atoms with Crippen molar-refractivity contribution < 1.29 is 4.74 Å². The van der Waals surface area contributed by atoms with Crippen LogP contribution in [0.4, 0.5) is 11.4 Å². The molecule has 1 heterocycles. The number of aromatic nitrogens is 1. The maximum absolute atomic E-state index is 5.95. The average Bonchev–Trinajstić information content (AvgIpc) is 3.25. The summed E-state index contributed by atoms with van der Waals surface area (Å²) in [6.07, 6.45) is 4.45. The third-order valence-electron chi connectivity index (χ3n) is 3.42. The highest BCUT2D eigenvalue weighted by atomic mass is 16.5. The van der Waals surface area contributed by atoms with Gasteiger partial charge in [0.25, 0.3) is 0 Å². The first-order chi connectivity index (χ1) is 9.34. The van der Waals surface area contributed by atoms with Crippen LogP contribution >= 0.6 is 0 Å². The number of nitrogens with zero attached hydrogens (tertiary/aromatic N) is 1. The van der Waals surface area contributed by atoms with E-state index in [4.69, 9.17) is 10.5 Å². The first-order valence-electron chi connectivity index (χ1n) is 6.79. The number of nitrogen functional groups attached to an aromatic ring is 1. The van der Waals surface area contributed by atoms with Crippen LogP contribution in [0.15, 0.2) is 30.5 Å². The molecule has 0 unspecified atom stereocenters. The number of benzene rings is 1.